The molecule has 0 radical (unpaired) electrons. The van der Waals surface area contributed by atoms with E-state index in [1.165, 1.54) is 18.6 Å². The highest BCUT2D eigenvalue weighted by molar-refractivity contribution is 7.89. The summed E-state index contributed by atoms with van der Waals surface area (Å²) >= 11 is 6.06. The minimum absolute atomic E-state index is 0.0808. The Labute approximate surface area is 129 Å². The lowest BCUT2D eigenvalue weighted by molar-refractivity contribution is 0.0703. The molecule has 21 heavy (non-hydrogen) atoms. The van der Waals surface area contributed by atoms with Gasteiger partial charge in [-0.3, -0.25) is 4.79 Å². The second kappa shape index (κ2) is 4.97. The first-order valence-corrected chi connectivity index (χ1v) is 8.83. The largest absolute Gasteiger partial charge is 0.335 e. The monoisotopic (exact) mass is 328 g/mol. The molecule has 0 spiro atoms. The van der Waals surface area contributed by atoms with Crippen LogP contribution in [0.3, 0.4) is 0 Å². The van der Waals surface area contributed by atoms with E-state index < -0.39 is 10.0 Å². The number of primary sulfonamides is 1. The number of rotatable bonds is 2. The van der Waals surface area contributed by atoms with E-state index in [1.54, 1.807) is 6.92 Å². The van der Waals surface area contributed by atoms with Crippen molar-refractivity contribution >= 4 is 27.5 Å². The summed E-state index contributed by atoms with van der Waals surface area (Å²) in [6.45, 7) is 2.33. The van der Waals surface area contributed by atoms with Gasteiger partial charge in [0.25, 0.3) is 5.91 Å². The van der Waals surface area contributed by atoms with Crippen molar-refractivity contribution in [3.8, 4) is 0 Å². The molecule has 5 nitrogen and oxygen atoms in total. The summed E-state index contributed by atoms with van der Waals surface area (Å²) in [5.74, 6) is 0.423. The van der Waals surface area contributed by atoms with Crippen molar-refractivity contribution in [2.45, 2.75) is 37.1 Å². The van der Waals surface area contributed by atoms with E-state index >= 15 is 0 Å². The molecule has 1 amide bonds. The number of sulfonamides is 1. The third kappa shape index (κ3) is 2.56. The van der Waals surface area contributed by atoms with E-state index in [9.17, 15) is 13.2 Å². The Kier molecular flexibility index (Phi) is 3.50. The maximum Gasteiger partial charge on any atom is 0.254 e. The van der Waals surface area contributed by atoms with Gasteiger partial charge in [-0.15, -0.1) is 0 Å². The van der Waals surface area contributed by atoms with Crippen LogP contribution in [-0.4, -0.2) is 31.8 Å². The fourth-order valence-electron chi connectivity index (χ4n) is 3.41. The summed E-state index contributed by atoms with van der Waals surface area (Å²) < 4.78 is 23.2. The summed E-state index contributed by atoms with van der Waals surface area (Å²) in [6.07, 6.45) is 3.25. The zero-order valence-electron chi connectivity index (χ0n) is 11.7. The number of carbonyl (C=O) groups is 1. The van der Waals surface area contributed by atoms with E-state index in [2.05, 4.69) is 0 Å². The lowest BCUT2D eigenvalue weighted by Crippen LogP contribution is -2.37. The minimum Gasteiger partial charge on any atom is -0.335 e. The van der Waals surface area contributed by atoms with Crippen molar-refractivity contribution in [2.24, 2.45) is 11.1 Å². The second-order valence-corrected chi connectivity index (χ2v) is 7.85. The molecule has 1 heterocycles. The lowest BCUT2D eigenvalue weighted by atomic mass is 10.1. The first kappa shape index (κ1) is 14.8. The van der Waals surface area contributed by atoms with Gasteiger partial charge in [-0.2, -0.15) is 0 Å². The van der Waals surface area contributed by atoms with Gasteiger partial charge in [-0.1, -0.05) is 11.6 Å². The van der Waals surface area contributed by atoms with Gasteiger partial charge in [0.15, 0.2) is 0 Å². The van der Waals surface area contributed by atoms with Crippen LogP contribution >= 0.6 is 11.6 Å². The van der Waals surface area contributed by atoms with Gasteiger partial charge in [0.05, 0.1) is 4.90 Å². The van der Waals surface area contributed by atoms with Crippen LogP contribution in [0.5, 0.6) is 0 Å². The van der Waals surface area contributed by atoms with Gasteiger partial charge in [-0.25, -0.2) is 13.6 Å². The number of amides is 1. The normalized spacial score (nSPS) is 24.6. The van der Waals surface area contributed by atoms with Crippen LogP contribution in [0.2, 0.25) is 5.02 Å². The number of hydrogen-bond acceptors (Lipinski definition) is 3. The second-order valence-electron chi connectivity index (χ2n) is 5.92. The summed E-state index contributed by atoms with van der Waals surface area (Å²) in [5, 5.41) is 5.44. The molecule has 1 aliphatic heterocycles. The molecule has 1 aliphatic carbocycles. The molecule has 2 unspecified atom stereocenters. The number of nitrogens with zero attached hydrogens (tertiary/aromatic N) is 1. The predicted molar refractivity (Wildman–Crippen MR) is 79.7 cm³/mol. The van der Waals surface area contributed by atoms with E-state index in [1.807, 2.05) is 4.90 Å². The molecular formula is C14H17ClN2O3S. The minimum atomic E-state index is -3.90. The smallest absolute Gasteiger partial charge is 0.254 e. The highest BCUT2D eigenvalue weighted by Gasteiger charge is 2.40. The highest BCUT2D eigenvalue weighted by atomic mass is 35.5. The number of piperidine rings is 1. The van der Waals surface area contributed by atoms with Gasteiger partial charge in [0, 0.05) is 23.2 Å². The fraction of sp³-hybridized carbons (Fsp3) is 0.500. The maximum absolute atomic E-state index is 12.6. The van der Waals surface area contributed by atoms with E-state index in [-0.39, 0.29) is 21.9 Å². The molecule has 1 saturated carbocycles. The van der Waals surface area contributed by atoms with Crippen molar-refractivity contribution in [2.75, 3.05) is 6.54 Å². The molecule has 2 bridgehead atoms. The number of hydrogen-bond donors (Lipinski definition) is 1. The number of fused-ring (bicyclic) bond motifs is 2. The molecule has 2 N–H and O–H groups in total. The van der Waals surface area contributed by atoms with Gasteiger partial charge in [0.2, 0.25) is 10.0 Å². The predicted octanol–water partition coefficient (Wildman–Crippen LogP) is 1.92. The number of nitrogens with two attached hydrogens (primary N) is 1. The molecule has 3 rings (SSSR count). The molecule has 2 fully saturated rings. The quantitative estimate of drug-likeness (QED) is 0.900. The van der Waals surface area contributed by atoms with E-state index in [0.29, 0.717) is 17.0 Å². The maximum atomic E-state index is 12.6. The molecule has 2 atom stereocenters. The molecule has 1 saturated heterocycles. The SMILES string of the molecule is Cc1c(Cl)cc(C(=O)N2CC3CCC2C3)cc1S(N)(=O)=O. The first-order chi connectivity index (χ1) is 9.77. The molecule has 0 aromatic heterocycles. The van der Waals surface area contributed by atoms with Crippen LogP contribution in [0.25, 0.3) is 0 Å². The van der Waals surface area contributed by atoms with Crippen molar-refractivity contribution in [1.82, 2.24) is 4.90 Å². The number of carbonyl (C=O) groups excluding carboxylic acids is 1. The van der Waals surface area contributed by atoms with Gasteiger partial charge < -0.3 is 4.90 Å². The number of likely N-dealkylation sites (tertiary alicyclic amines) is 1. The standard InChI is InChI=1S/C14H17ClN2O3S/c1-8-12(15)5-10(6-13(8)21(16,19)20)14(18)17-7-9-2-3-11(17)4-9/h5-6,9,11H,2-4,7H2,1H3,(H2,16,19,20). The fourth-order valence-corrected chi connectivity index (χ4v) is 4.52. The molecule has 7 heteroatoms. The van der Waals surface area contributed by atoms with Crippen LogP contribution in [0, 0.1) is 12.8 Å². The van der Waals surface area contributed by atoms with Crippen LogP contribution in [0.4, 0.5) is 0 Å². The molecule has 2 aliphatic rings. The van der Waals surface area contributed by atoms with Crippen molar-refractivity contribution in [3.63, 3.8) is 0 Å². The Balaban J connectivity index is 1.99. The molecule has 1 aromatic rings. The van der Waals surface area contributed by atoms with Crippen molar-refractivity contribution in [3.05, 3.63) is 28.3 Å². The average Bonchev–Trinajstić information content (AvgIpc) is 3.01. The Morgan fingerprint density at radius 2 is 2.10 bits per heavy atom. The average molecular weight is 329 g/mol. The van der Waals surface area contributed by atoms with Crippen LogP contribution < -0.4 is 5.14 Å². The van der Waals surface area contributed by atoms with Crippen LogP contribution in [0.1, 0.15) is 35.2 Å². The van der Waals surface area contributed by atoms with E-state index in [4.69, 9.17) is 16.7 Å². The van der Waals surface area contributed by atoms with Crippen LogP contribution in [0.15, 0.2) is 17.0 Å². The van der Waals surface area contributed by atoms with E-state index in [0.717, 1.165) is 19.4 Å². The molecule has 114 valence electrons. The Hall–Kier alpha value is -1.11. The number of halogens is 1. The first-order valence-electron chi connectivity index (χ1n) is 6.91. The summed E-state index contributed by atoms with van der Waals surface area (Å²) in [5.41, 5.74) is 0.667. The third-order valence-corrected chi connectivity index (χ3v) is 5.95. The zero-order valence-corrected chi connectivity index (χ0v) is 13.2. The Morgan fingerprint density at radius 1 is 1.38 bits per heavy atom. The number of benzene rings is 1. The summed E-state index contributed by atoms with van der Waals surface area (Å²) in [6, 6.07) is 3.14. The lowest BCUT2D eigenvalue weighted by Gasteiger charge is -2.27. The Bertz CT molecular complexity index is 717. The topological polar surface area (TPSA) is 80.5 Å². The van der Waals surface area contributed by atoms with Gasteiger partial charge >= 0.3 is 0 Å². The zero-order chi connectivity index (χ0) is 15.4. The van der Waals surface area contributed by atoms with Gasteiger partial charge in [-0.05, 0) is 49.8 Å². The summed E-state index contributed by atoms with van der Waals surface area (Å²) in [4.78, 5) is 14.4. The van der Waals surface area contributed by atoms with Crippen LogP contribution in [-0.2, 0) is 10.0 Å². The third-order valence-electron chi connectivity index (χ3n) is 4.52. The highest BCUT2D eigenvalue weighted by Crippen LogP contribution is 2.38. The van der Waals surface area contributed by atoms with Crippen molar-refractivity contribution in [1.29, 1.82) is 0 Å². The summed E-state index contributed by atoms with van der Waals surface area (Å²) in [7, 11) is -3.90. The Morgan fingerprint density at radius 3 is 2.62 bits per heavy atom. The molecular weight excluding hydrogens is 312 g/mol. The molecule has 1 aromatic carbocycles. The van der Waals surface area contributed by atoms with Crippen molar-refractivity contribution < 1.29 is 13.2 Å². The van der Waals surface area contributed by atoms with Gasteiger partial charge in [0.1, 0.15) is 0 Å².